The third kappa shape index (κ3) is 2.90. The van der Waals surface area contributed by atoms with E-state index in [1.165, 1.54) is 7.05 Å². The molecular weight excluding hydrogens is 240 g/mol. The minimum Gasteiger partial charge on any atom is -0.229 e. The summed E-state index contributed by atoms with van der Waals surface area (Å²) in [5.74, 6) is -0.738. The monoisotopic (exact) mass is 252 g/mol. The van der Waals surface area contributed by atoms with E-state index in [1.54, 1.807) is 6.07 Å². The van der Waals surface area contributed by atoms with Gasteiger partial charge in [-0.05, 0) is 6.42 Å². The van der Waals surface area contributed by atoms with Gasteiger partial charge in [-0.2, -0.15) is 9.57 Å². The largest absolute Gasteiger partial charge is 0.229 e. The van der Waals surface area contributed by atoms with E-state index in [2.05, 4.69) is 0 Å². The summed E-state index contributed by atoms with van der Waals surface area (Å²) in [7, 11) is -5.42. The van der Waals surface area contributed by atoms with Crippen LogP contribution in [0.2, 0.25) is 0 Å². The van der Waals surface area contributed by atoms with Gasteiger partial charge in [0.25, 0.3) is 0 Å². The van der Waals surface area contributed by atoms with Crippen LogP contribution in [0.1, 0.15) is 6.42 Å². The lowest BCUT2D eigenvalue weighted by Crippen LogP contribution is -2.38. The van der Waals surface area contributed by atoms with Crippen LogP contribution < -0.4 is 0 Å². The van der Waals surface area contributed by atoms with Crippen molar-refractivity contribution in [1.29, 1.82) is 5.26 Å². The summed E-state index contributed by atoms with van der Waals surface area (Å²) in [6.45, 7) is 0. The number of hydrogen-bond acceptors (Lipinski definition) is 5. The molecule has 15 heavy (non-hydrogen) atoms. The van der Waals surface area contributed by atoms with Crippen molar-refractivity contribution in [2.75, 3.05) is 24.3 Å². The Morgan fingerprint density at radius 3 is 2.53 bits per heavy atom. The smallest absolute Gasteiger partial charge is 0.227 e. The first-order chi connectivity index (χ1) is 6.78. The quantitative estimate of drug-likeness (QED) is 0.639. The van der Waals surface area contributed by atoms with Gasteiger partial charge in [0, 0.05) is 13.1 Å². The van der Waals surface area contributed by atoms with Crippen LogP contribution in [0.25, 0.3) is 0 Å². The molecule has 1 atom stereocenters. The van der Waals surface area contributed by atoms with Gasteiger partial charge in [0.05, 0.1) is 17.6 Å². The molecule has 0 saturated carbocycles. The number of nitriles is 1. The number of hydrogen-bond donors (Lipinski definition) is 0. The van der Waals surface area contributed by atoms with Gasteiger partial charge < -0.3 is 0 Å². The SMILES string of the molecule is CN(C1CCS(=O)(=O)C1)S(=O)(=O)CC#N. The lowest BCUT2D eigenvalue weighted by Gasteiger charge is -2.20. The Morgan fingerprint density at radius 2 is 2.13 bits per heavy atom. The highest BCUT2D eigenvalue weighted by molar-refractivity contribution is 7.92. The Morgan fingerprint density at radius 1 is 1.53 bits per heavy atom. The minimum absolute atomic E-state index is 0.0179. The second-order valence-electron chi connectivity index (χ2n) is 3.49. The van der Waals surface area contributed by atoms with Crippen molar-refractivity contribution in [3.05, 3.63) is 0 Å². The van der Waals surface area contributed by atoms with Crippen LogP contribution in [0.15, 0.2) is 0 Å². The number of sulfone groups is 1. The molecule has 6 nitrogen and oxygen atoms in total. The zero-order valence-electron chi connectivity index (χ0n) is 8.25. The molecular formula is C7H12N2O4S2. The third-order valence-corrected chi connectivity index (χ3v) is 5.83. The molecule has 0 aliphatic carbocycles. The summed E-state index contributed by atoms with van der Waals surface area (Å²) in [6.07, 6.45) is 0.309. The Labute approximate surface area is 89.5 Å². The second-order valence-corrected chi connectivity index (χ2v) is 7.74. The molecule has 0 spiro atoms. The number of sulfonamides is 1. The molecule has 8 heteroatoms. The van der Waals surface area contributed by atoms with Crippen molar-refractivity contribution in [3.63, 3.8) is 0 Å². The maximum Gasteiger partial charge on any atom is 0.227 e. The van der Waals surface area contributed by atoms with Crippen LogP contribution in [-0.4, -0.2) is 51.5 Å². The molecule has 1 rings (SSSR count). The zero-order valence-corrected chi connectivity index (χ0v) is 9.88. The maximum absolute atomic E-state index is 11.4. The topological polar surface area (TPSA) is 95.3 Å². The summed E-state index contributed by atoms with van der Waals surface area (Å²) in [5.41, 5.74) is 0. The van der Waals surface area contributed by atoms with Crippen LogP contribution in [-0.2, 0) is 19.9 Å². The molecule has 0 aromatic rings. The first-order valence-corrected chi connectivity index (χ1v) is 7.74. The average molecular weight is 252 g/mol. The van der Waals surface area contributed by atoms with E-state index in [0.717, 1.165) is 4.31 Å². The van der Waals surface area contributed by atoms with Gasteiger partial charge in [-0.25, -0.2) is 16.8 Å². The third-order valence-electron chi connectivity index (χ3n) is 2.41. The first-order valence-electron chi connectivity index (χ1n) is 4.31. The molecule has 0 radical (unpaired) electrons. The van der Waals surface area contributed by atoms with E-state index in [-0.39, 0.29) is 11.5 Å². The standard InChI is InChI=1S/C7H12N2O4S2/c1-9(15(12,13)5-3-8)7-2-4-14(10,11)6-7/h7H,2,4-6H2,1H3. The Bertz CT molecular complexity index is 474. The predicted molar refractivity (Wildman–Crippen MR) is 54.2 cm³/mol. The van der Waals surface area contributed by atoms with Crippen molar-refractivity contribution in [1.82, 2.24) is 4.31 Å². The predicted octanol–water partition coefficient (Wildman–Crippen LogP) is -1.04. The lowest BCUT2D eigenvalue weighted by atomic mass is 10.3. The summed E-state index contributed by atoms with van der Waals surface area (Å²) in [5, 5.41) is 8.32. The van der Waals surface area contributed by atoms with E-state index in [9.17, 15) is 16.8 Å². The summed E-state index contributed by atoms with van der Waals surface area (Å²) >= 11 is 0. The van der Waals surface area contributed by atoms with Gasteiger partial charge >= 0.3 is 0 Å². The lowest BCUT2D eigenvalue weighted by molar-refractivity contribution is 0.396. The van der Waals surface area contributed by atoms with Crippen molar-refractivity contribution in [2.45, 2.75) is 12.5 Å². The molecule has 0 amide bonds. The zero-order chi connectivity index (χ0) is 11.7. The number of rotatable bonds is 3. The first kappa shape index (κ1) is 12.4. The van der Waals surface area contributed by atoms with Gasteiger partial charge in [-0.15, -0.1) is 0 Å². The highest BCUT2D eigenvalue weighted by atomic mass is 32.2. The average Bonchev–Trinajstić information content (AvgIpc) is 2.44. The highest BCUT2D eigenvalue weighted by Gasteiger charge is 2.35. The van der Waals surface area contributed by atoms with Crippen molar-refractivity contribution in [3.8, 4) is 6.07 Å². The number of nitrogens with zero attached hydrogens (tertiary/aromatic N) is 2. The van der Waals surface area contributed by atoms with Gasteiger partial charge in [0.2, 0.25) is 10.0 Å². The van der Waals surface area contributed by atoms with Crippen LogP contribution in [0.3, 0.4) is 0 Å². The molecule has 0 bridgehead atoms. The van der Waals surface area contributed by atoms with E-state index in [1.807, 2.05) is 0 Å². The van der Waals surface area contributed by atoms with Gasteiger partial charge in [0.1, 0.15) is 0 Å². The van der Waals surface area contributed by atoms with Crippen molar-refractivity contribution >= 4 is 19.9 Å². The molecule has 1 heterocycles. The Hall–Kier alpha value is -0.650. The van der Waals surface area contributed by atoms with Crippen LogP contribution in [0.4, 0.5) is 0 Å². The van der Waals surface area contributed by atoms with E-state index >= 15 is 0 Å². The molecule has 86 valence electrons. The van der Waals surface area contributed by atoms with Crippen molar-refractivity contribution in [2.24, 2.45) is 0 Å². The van der Waals surface area contributed by atoms with Gasteiger partial charge in [-0.3, -0.25) is 0 Å². The van der Waals surface area contributed by atoms with E-state index < -0.39 is 31.7 Å². The molecule has 1 aliphatic rings. The van der Waals surface area contributed by atoms with Crippen molar-refractivity contribution < 1.29 is 16.8 Å². The normalized spacial score (nSPS) is 25.3. The van der Waals surface area contributed by atoms with Crippen LogP contribution in [0.5, 0.6) is 0 Å². The fourth-order valence-electron chi connectivity index (χ4n) is 1.47. The molecule has 0 N–H and O–H groups in total. The summed E-state index contributed by atoms with van der Waals surface area (Å²) in [6, 6.07) is 1.03. The Kier molecular flexibility index (Phi) is 3.38. The van der Waals surface area contributed by atoms with E-state index in [4.69, 9.17) is 5.26 Å². The minimum atomic E-state index is -3.64. The van der Waals surface area contributed by atoms with E-state index in [0.29, 0.717) is 6.42 Å². The highest BCUT2D eigenvalue weighted by Crippen LogP contribution is 2.18. The fourth-order valence-corrected chi connectivity index (χ4v) is 4.34. The van der Waals surface area contributed by atoms with Gasteiger partial charge in [-0.1, -0.05) is 0 Å². The maximum atomic E-state index is 11.4. The summed E-state index contributed by atoms with van der Waals surface area (Å²) < 4.78 is 46.2. The Balaban J connectivity index is 2.81. The molecule has 1 saturated heterocycles. The summed E-state index contributed by atoms with van der Waals surface area (Å²) in [4.78, 5) is 0. The molecule has 1 fully saturated rings. The second kappa shape index (κ2) is 4.08. The molecule has 0 aromatic heterocycles. The fraction of sp³-hybridized carbons (Fsp3) is 0.857. The van der Waals surface area contributed by atoms with Gasteiger partial charge in [0.15, 0.2) is 15.6 Å². The molecule has 1 aliphatic heterocycles. The van der Waals surface area contributed by atoms with Crippen LogP contribution >= 0.6 is 0 Å². The van der Waals surface area contributed by atoms with Crippen LogP contribution in [0, 0.1) is 11.3 Å². The molecule has 0 aromatic carbocycles. The molecule has 1 unspecified atom stereocenters.